The van der Waals surface area contributed by atoms with E-state index in [0.717, 1.165) is 72.1 Å². The lowest BCUT2D eigenvalue weighted by Gasteiger charge is -2.34. The van der Waals surface area contributed by atoms with Gasteiger partial charge in [0.05, 0.1) is 15.8 Å². The van der Waals surface area contributed by atoms with E-state index in [1.807, 2.05) is 11.3 Å². The van der Waals surface area contributed by atoms with E-state index in [0.29, 0.717) is 0 Å². The molecule has 3 aromatic heterocycles. The van der Waals surface area contributed by atoms with Crippen molar-refractivity contribution in [3.8, 4) is 33.4 Å². The Kier molecular flexibility index (Phi) is 8.60. The normalized spacial score (nSPS) is 14.0. The first kappa shape index (κ1) is 41.6. The summed E-state index contributed by atoms with van der Waals surface area (Å²) >= 11 is 1.86. The summed E-state index contributed by atoms with van der Waals surface area (Å²) in [6, 6.07) is 87.0. The highest BCUT2D eigenvalue weighted by Crippen LogP contribution is 2.60. The van der Waals surface area contributed by atoms with E-state index >= 15 is 0 Å². The van der Waals surface area contributed by atoms with Gasteiger partial charge in [0.1, 0.15) is 22.3 Å². The van der Waals surface area contributed by atoms with Gasteiger partial charge in [-0.1, -0.05) is 196 Å². The molecule has 16 rings (SSSR count). The predicted octanol–water partition coefficient (Wildman–Crippen LogP) is 19.7. The maximum absolute atomic E-state index is 7.36. The Morgan fingerprint density at radius 1 is 0.378 bits per heavy atom. The molecule has 74 heavy (non-hydrogen) atoms. The Balaban J connectivity index is 0.977. The van der Waals surface area contributed by atoms with Crippen molar-refractivity contribution in [2.45, 2.75) is 24.7 Å². The Morgan fingerprint density at radius 2 is 0.986 bits per heavy atom. The third-order valence-corrected chi connectivity index (χ3v) is 17.8. The van der Waals surface area contributed by atoms with E-state index in [-0.39, 0.29) is 5.41 Å². The SMILES string of the molecule is CC1(C)c2ccccc2-c2ccc(N(c3ccc4oc5c(-c6cccc7c6-c6ccccc6C7(c6ccccc6)c6ccccc6)c6c(cc5c4c3)oc3ccccc36)c3cccc4c3sc3ccccc34)cc21. The van der Waals surface area contributed by atoms with Crippen LogP contribution in [0.25, 0.3) is 97.4 Å². The number of rotatable bonds is 6. The lowest BCUT2D eigenvalue weighted by Crippen LogP contribution is -2.28. The maximum Gasteiger partial charge on any atom is 0.144 e. The summed E-state index contributed by atoms with van der Waals surface area (Å²) in [5.41, 5.74) is 20.8. The average Bonchev–Trinajstić information content (AvgIpc) is 4.25. The molecule has 11 aromatic carbocycles. The largest absolute Gasteiger partial charge is 0.456 e. The molecular weight excluding hydrogens is 919 g/mol. The smallest absolute Gasteiger partial charge is 0.144 e. The number of hydrogen-bond donors (Lipinski definition) is 0. The van der Waals surface area contributed by atoms with Gasteiger partial charge >= 0.3 is 0 Å². The van der Waals surface area contributed by atoms with Crippen molar-refractivity contribution >= 4 is 92.4 Å². The quantitative estimate of drug-likeness (QED) is 0.166. The molecule has 348 valence electrons. The van der Waals surface area contributed by atoms with Gasteiger partial charge in [-0.3, -0.25) is 0 Å². The Morgan fingerprint density at radius 3 is 1.81 bits per heavy atom. The Bertz CT molecular complexity index is 4610. The Labute approximate surface area is 431 Å². The molecule has 0 aliphatic heterocycles. The number of furan rings is 2. The zero-order valence-corrected chi connectivity index (χ0v) is 41.5. The maximum atomic E-state index is 7.36. The van der Waals surface area contributed by atoms with Crippen LogP contribution in [0.15, 0.2) is 245 Å². The molecular formula is C70H45NO2S. The number of para-hydroxylation sites is 1. The molecule has 0 spiro atoms. The van der Waals surface area contributed by atoms with Crippen LogP contribution in [0.3, 0.4) is 0 Å². The molecule has 0 unspecified atom stereocenters. The van der Waals surface area contributed by atoms with Crippen LogP contribution in [0.1, 0.15) is 47.2 Å². The van der Waals surface area contributed by atoms with Crippen molar-refractivity contribution in [2.24, 2.45) is 0 Å². The lowest BCUT2D eigenvalue weighted by atomic mass is 9.67. The first-order valence-electron chi connectivity index (χ1n) is 25.6. The number of fused-ring (bicyclic) bond motifs is 15. The first-order chi connectivity index (χ1) is 36.5. The summed E-state index contributed by atoms with van der Waals surface area (Å²) in [4.78, 5) is 2.48. The van der Waals surface area contributed by atoms with Crippen LogP contribution < -0.4 is 4.90 Å². The molecule has 0 fully saturated rings. The number of anilines is 3. The fraction of sp³-hybridized carbons (Fsp3) is 0.0571. The highest BCUT2D eigenvalue weighted by atomic mass is 32.1. The van der Waals surface area contributed by atoms with Gasteiger partial charge in [0.25, 0.3) is 0 Å². The minimum atomic E-state index is -0.561. The van der Waals surface area contributed by atoms with E-state index in [1.54, 1.807) is 0 Å². The zero-order valence-electron chi connectivity index (χ0n) is 40.7. The van der Waals surface area contributed by atoms with E-state index in [4.69, 9.17) is 8.83 Å². The van der Waals surface area contributed by atoms with Gasteiger partial charge in [-0.15, -0.1) is 11.3 Å². The molecule has 0 N–H and O–H groups in total. The summed E-state index contributed by atoms with van der Waals surface area (Å²) in [5, 5.41) is 6.68. The minimum absolute atomic E-state index is 0.170. The highest BCUT2D eigenvalue weighted by molar-refractivity contribution is 7.26. The van der Waals surface area contributed by atoms with Crippen LogP contribution in [-0.2, 0) is 10.8 Å². The summed E-state index contributed by atoms with van der Waals surface area (Å²) in [6.07, 6.45) is 0. The number of thiophene rings is 1. The monoisotopic (exact) mass is 963 g/mol. The topological polar surface area (TPSA) is 29.5 Å². The van der Waals surface area contributed by atoms with Crippen molar-refractivity contribution in [3.63, 3.8) is 0 Å². The molecule has 2 aliphatic rings. The molecule has 2 aliphatic carbocycles. The molecule has 14 aromatic rings. The van der Waals surface area contributed by atoms with Crippen LogP contribution in [0.5, 0.6) is 0 Å². The Hall–Kier alpha value is -8.96. The first-order valence-corrected chi connectivity index (χ1v) is 26.4. The molecule has 0 radical (unpaired) electrons. The summed E-state index contributed by atoms with van der Waals surface area (Å²) in [6.45, 7) is 4.73. The van der Waals surface area contributed by atoms with Crippen molar-refractivity contribution in [3.05, 3.63) is 270 Å². The number of hydrogen-bond acceptors (Lipinski definition) is 4. The lowest BCUT2D eigenvalue weighted by molar-refractivity contribution is 0.660. The van der Waals surface area contributed by atoms with Crippen molar-refractivity contribution < 1.29 is 8.83 Å². The van der Waals surface area contributed by atoms with Gasteiger partial charge in [-0.25, -0.2) is 0 Å². The van der Waals surface area contributed by atoms with Gasteiger partial charge < -0.3 is 13.7 Å². The predicted molar refractivity (Wildman–Crippen MR) is 309 cm³/mol. The van der Waals surface area contributed by atoms with Crippen molar-refractivity contribution in [2.75, 3.05) is 4.90 Å². The number of benzene rings is 11. The summed E-state index contributed by atoms with van der Waals surface area (Å²) in [5.74, 6) is 0. The fourth-order valence-corrected chi connectivity index (χ4v) is 14.6. The molecule has 4 heteroatoms. The van der Waals surface area contributed by atoms with Crippen LogP contribution >= 0.6 is 11.3 Å². The van der Waals surface area contributed by atoms with Gasteiger partial charge in [0.15, 0.2) is 0 Å². The number of nitrogens with zero attached hydrogens (tertiary/aromatic N) is 1. The molecule has 0 bridgehead atoms. The van der Waals surface area contributed by atoms with Crippen LogP contribution in [-0.4, -0.2) is 0 Å². The van der Waals surface area contributed by atoms with Crippen molar-refractivity contribution in [1.82, 2.24) is 0 Å². The molecule has 0 saturated heterocycles. The second kappa shape index (κ2) is 15.3. The molecule has 3 heterocycles. The molecule has 3 nitrogen and oxygen atoms in total. The molecule has 0 amide bonds. The van der Waals surface area contributed by atoms with Crippen molar-refractivity contribution in [1.29, 1.82) is 0 Å². The average molecular weight is 964 g/mol. The molecule has 0 atom stereocenters. The second-order valence-electron chi connectivity index (χ2n) is 20.6. The van der Waals surface area contributed by atoms with Crippen LogP contribution in [0.4, 0.5) is 17.1 Å². The van der Waals surface area contributed by atoms with Gasteiger partial charge in [-0.2, -0.15) is 0 Å². The molecule has 0 saturated carbocycles. The summed E-state index contributed by atoms with van der Waals surface area (Å²) < 4.78 is 16.8. The van der Waals surface area contributed by atoms with E-state index in [9.17, 15) is 0 Å². The van der Waals surface area contributed by atoms with Crippen LogP contribution in [0, 0.1) is 0 Å². The third kappa shape index (κ3) is 5.55. The van der Waals surface area contributed by atoms with E-state index < -0.39 is 5.41 Å². The fourth-order valence-electron chi connectivity index (χ4n) is 13.4. The zero-order chi connectivity index (χ0) is 48.9. The van der Waals surface area contributed by atoms with E-state index in [2.05, 4.69) is 255 Å². The second-order valence-corrected chi connectivity index (χ2v) is 21.7. The van der Waals surface area contributed by atoms with Gasteiger partial charge in [-0.05, 0) is 116 Å². The standard InChI is InChI=1S/C70H45NO2S/c1-69(2)55-29-13-9-23-46(55)47-37-35-45(40-58(47)69)71(59-32-18-27-49-48-24-12-16-34-63(48)74-68(49)59)44-36-38-61-53(39-44)54-41-62-65(51-26-11-15-33-60(51)72-62)66(67(54)73-61)52-28-17-31-57-64(52)50-25-10-14-30-56(50)70(57,42-19-5-3-6-20-42)43-21-7-4-8-22-43/h3-41H,1-2H3. The highest BCUT2D eigenvalue weighted by Gasteiger charge is 2.47. The minimum Gasteiger partial charge on any atom is -0.456 e. The van der Waals surface area contributed by atoms with Crippen LogP contribution in [0.2, 0.25) is 0 Å². The van der Waals surface area contributed by atoms with Gasteiger partial charge in [0, 0.05) is 59.4 Å². The third-order valence-electron chi connectivity index (χ3n) is 16.5. The van der Waals surface area contributed by atoms with Gasteiger partial charge in [0.2, 0.25) is 0 Å². The summed E-state index contributed by atoms with van der Waals surface area (Å²) in [7, 11) is 0. The van der Waals surface area contributed by atoms with E-state index in [1.165, 1.54) is 75.8 Å².